The minimum atomic E-state index is -0.349. The van der Waals surface area contributed by atoms with E-state index in [2.05, 4.69) is 4.98 Å². The van der Waals surface area contributed by atoms with Crippen LogP contribution in [-0.4, -0.2) is 17.2 Å². The Morgan fingerprint density at radius 1 is 1.38 bits per heavy atom. The van der Waals surface area contributed by atoms with Gasteiger partial charge in [-0.15, -0.1) is 0 Å². The molecule has 86 valence electrons. The number of aliphatic hydroxyl groups excluding tert-OH is 1. The van der Waals surface area contributed by atoms with Crippen LogP contribution < -0.4 is 4.74 Å². The molecule has 2 saturated carbocycles. The highest BCUT2D eigenvalue weighted by atomic mass is 16.5. The van der Waals surface area contributed by atoms with Crippen molar-refractivity contribution in [2.75, 3.05) is 7.11 Å². The fourth-order valence-electron chi connectivity index (χ4n) is 3.28. The number of methoxy groups -OCH3 is 1. The Kier molecular flexibility index (Phi) is 2.36. The topological polar surface area (TPSA) is 42.4 Å². The Morgan fingerprint density at radius 3 is 2.81 bits per heavy atom. The van der Waals surface area contributed by atoms with Gasteiger partial charge in [0.05, 0.1) is 19.4 Å². The maximum Gasteiger partial charge on any atom is 0.137 e. The van der Waals surface area contributed by atoms with E-state index in [-0.39, 0.29) is 6.10 Å². The zero-order chi connectivity index (χ0) is 11.1. The van der Waals surface area contributed by atoms with Gasteiger partial charge in [0, 0.05) is 11.8 Å². The van der Waals surface area contributed by atoms with E-state index < -0.39 is 0 Å². The summed E-state index contributed by atoms with van der Waals surface area (Å²) in [7, 11) is 1.62. The first-order valence-electron chi connectivity index (χ1n) is 5.98. The molecule has 0 amide bonds. The summed E-state index contributed by atoms with van der Waals surface area (Å²) >= 11 is 0. The molecule has 3 unspecified atom stereocenters. The van der Waals surface area contributed by atoms with Gasteiger partial charge < -0.3 is 9.84 Å². The van der Waals surface area contributed by atoms with Crippen LogP contribution in [0.25, 0.3) is 0 Å². The zero-order valence-corrected chi connectivity index (χ0v) is 9.47. The van der Waals surface area contributed by atoms with Gasteiger partial charge in [-0.2, -0.15) is 0 Å². The van der Waals surface area contributed by atoms with Crippen molar-refractivity contribution < 1.29 is 9.84 Å². The minimum absolute atomic E-state index is 0.349. The average Bonchev–Trinajstić information content (AvgIpc) is 2.81. The molecule has 0 aliphatic heterocycles. The van der Waals surface area contributed by atoms with E-state index in [0.717, 1.165) is 23.1 Å². The summed E-state index contributed by atoms with van der Waals surface area (Å²) < 4.78 is 5.13. The van der Waals surface area contributed by atoms with E-state index in [1.54, 1.807) is 19.5 Å². The third kappa shape index (κ3) is 1.50. The monoisotopic (exact) mass is 219 g/mol. The lowest BCUT2D eigenvalue weighted by atomic mass is 10.0. The molecule has 3 nitrogen and oxygen atoms in total. The Bertz CT molecular complexity index is 383. The van der Waals surface area contributed by atoms with Crippen LogP contribution in [0.1, 0.15) is 30.9 Å². The quantitative estimate of drug-likeness (QED) is 0.847. The van der Waals surface area contributed by atoms with Crippen LogP contribution in [0.2, 0.25) is 0 Å². The van der Waals surface area contributed by atoms with E-state index in [1.807, 2.05) is 6.07 Å². The molecule has 2 aliphatic rings. The van der Waals surface area contributed by atoms with Crippen LogP contribution in [0.15, 0.2) is 18.5 Å². The minimum Gasteiger partial charge on any atom is -0.495 e. The molecule has 3 rings (SSSR count). The lowest BCUT2D eigenvalue weighted by Crippen LogP contribution is -2.05. The molecule has 0 aromatic carbocycles. The largest absolute Gasteiger partial charge is 0.495 e. The van der Waals surface area contributed by atoms with Gasteiger partial charge in [-0.25, -0.2) is 0 Å². The number of nitrogens with zero attached hydrogens (tertiary/aromatic N) is 1. The highest BCUT2D eigenvalue weighted by Gasteiger charge is 2.55. The smallest absolute Gasteiger partial charge is 0.137 e. The molecule has 0 bridgehead atoms. The number of pyridine rings is 1. The molecule has 2 aliphatic carbocycles. The van der Waals surface area contributed by atoms with Crippen molar-refractivity contribution in [2.45, 2.75) is 25.4 Å². The van der Waals surface area contributed by atoms with E-state index in [1.165, 1.54) is 19.3 Å². The van der Waals surface area contributed by atoms with Crippen molar-refractivity contribution in [2.24, 2.45) is 17.8 Å². The average molecular weight is 219 g/mol. The second kappa shape index (κ2) is 3.74. The van der Waals surface area contributed by atoms with E-state index in [4.69, 9.17) is 4.74 Å². The molecular weight excluding hydrogens is 202 g/mol. The van der Waals surface area contributed by atoms with Crippen molar-refractivity contribution in [3.8, 4) is 5.75 Å². The molecule has 0 spiro atoms. The van der Waals surface area contributed by atoms with Gasteiger partial charge in [0.2, 0.25) is 0 Å². The molecule has 1 aromatic heterocycles. The summed E-state index contributed by atoms with van der Waals surface area (Å²) in [6.45, 7) is 0. The molecule has 3 heteroatoms. The van der Waals surface area contributed by atoms with Crippen LogP contribution in [0.4, 0.5) is 0 Å². The van der Waals surface area contributed by atoms with E-state index in [9.17, 15) is 5.11 Å². The van der Waals surface area contributed by atoms with Crippen LogP contribution in [0, 0.1) is 17.8 Å². The van der Waals surface area contributed by atoms with Crippen molar-refractivity contribution >= 4 is 0 Å². The summed E-state index contributed by atoms with van der Waals surface area (Å²) in [6.07, 6.45) is 7.01. The SMILES string of the molecule is COc1cncc(C(O)C2C3CCCC32)c1. The highest BCUT2D eigenvalue weighted by molar-refractivity contribution is 5.27. The molecule has 2 fully saturated rings. The third-order valence-corrected chi connectivity index (χ3v) is 4.15. The standard InChI is InChI=1S/C13H17NO2/c1-16-9-5-8(6-14-7-9)13(15)12-10-3-2-4-11(10)12/h5-7,10-13,15H,2-4H2,1H3. The first-order chi connectivity index (χ1) is 7.81. The van der Waals surface area contributed by atoms with Crippen LogP contribution >= 0.6 is 0 Å². The first kappa shape index (κ1) is 10.1. The fraction of sp³-hybridized carbons (Fsp3) is 0.615. The van der Waals surface area contributed by atoms with Crippen LogP contribution in [0.3, 0.4) is 0 Å². The number of hydrogen-bond acceptors (Lipinski definition) is 3. The Balaban J connectivity index is 1.76. The van der Waals surface area contributed by atoms with Gasteiger partial charge in [-0.1, -0.05) is 6.42 Å². The summed E-state index contributed by atoms with van der Waals surface area (Å²) in [4.78, 5) is 4.10. The zero-order valence-electron chi connectivity index (χ0n) is 9.47. The van der Waals surface area contributed by atoms with Gasteiger partial charge in [0.25, 0.3) is 0 Å². The van der Waals surface area contributed by atoms with Gasteiger partial charge in [0.1, 0.15) is 5.75 Å². The second-order valence-corrected chi connectivity index (χ2v) is 4.94. The molecule has 16 heavy (non-hydrogen) atoms. The molecule has 3 atom stereocenters. The number of rotatable bonds is 3. The normalized spacial score (nSPS) is 33.2. The van der Waals surface area contributed by atoms with Crippen molar-refractivity contribution in [1.29, 1.82) is 0 Å². The molecule has 1 heterocycles. The van der Waals surface area contributed by atoms with Crippen molar-refractivity contribution in [1.82, 2.24) is 4.98 Å². The van der Waals surface area contributed by atoms with Gasteiger partial charge in [-0.3, -0.25) is 4.98 Å². The third-order valence-electron chi connectivity index (χ3n) is 4.15. The number of fused-ring (bicyclic) bond motifs is 1. The lowest BCUT2D eigenvalue weighted by molar-refractivity contribution is 0.136. The molecule has 0 saturated heterocycles. The van der Waals surface area contributed by atoms with Gasteiger partial charge in [0.15, 0.2) is 0 Å². The number of hydrogen-bond donors (Lipinski definition) is 1. The molecular formula is C13H17NO2. The summed E-state index contributed by atoms with van der Waals surface area (Å²) in [5.41, 5.74) is 0.902. The summed E-state index contributed by atoms with van der Waals surface area (Å²) in [6, 6.07) is 1.89. The molecule has 1 N–H and O–H groups in total. The summed E-state index contributed by atoms with van der Waals surface area (Å²) in [5.74, 6) is 2.73. The van der Waals surface area contributed by atoms with Gasteiger partial charge in [-0.05, 0) is 36.7 Å². The van der Waals surface area contributed by atoms with E-state index in [0.29, 0.717) is 5.92 Å². The predicted molar refractivity (Wildman–Crippen MR) is 60.1 cm³/mol. The van der Waals surface area contributed by atoms with Crippen molar-refractivity contribution in [3.05, 3.63) is 24.0 Å². The second-order valence-electron chi connectivity index (χ2n) is 4.94. The lowest BCUT2D eigenvalue weighted by Gasteiger charge is -2.13. The Morgan fingerprint density at radius 2 is 2.12 bits per heavy atom. The first-order valence-corrected chi connectivity index (χ1v) is 5.98. The number of ether oxygens (including phenoxy) is 1. The van der Waals surface area contributed by atoms with Crippen LogP contribution in [-0.2, 0) is 0 Å². The Labute approximate surface area is 95.5 Å². The van der Waals surface area contributed by atoms with Crippen LogP contribution in [0.5, 0.6) is 5.75 Å². The Hall–Kier alpha value is -1.09. The predicted octanol–water partition coefficient (Wildman–Crippen LogP) is 2.17. The number of aromatic nitrogens is 1. The van der Waals surface area contributed by atoms with Crippen molar-refractivity contribution in [3.63, 3.8) is 0 Å². The fourth-order valence-corrected chi connectivity index (χ4v) is 3.28. The highest BCUT2D eigenvalue weighted by Crippen LogP contribution is 2.62. The number of aliphatic hydroxyl groups is 1. The maximum absolute atomic E-state index is 10.3. The van der Waals surface area contributed by atoms with Gasteiger partial charge >= 0.3 is 0 Å². The van der Waals surface area contributed by atoms with E-state index >= 15 is 0 Å². The summed E-state index contributed by atoms with van der Waals surface area (Å²) in [5, 5.41) is 10.3. The molecule has 1 aromatic rings. The maximum atomic E-state index is 10.3. The molecule has 0 radical (unpaired) electrons.